The molecular weight excluding hydrogens is 418 g/mol. The van der Waals surface area contributed by atoms with Gasteiger partial charge in [-0.3, -0.25) is 9.69 Å². The van der Waals surface area contributed by atoms with Crippen LogP contribution in [0.1, 0.15) is 58.9 Å². The lowest BCUT2D eigenvalue weighted by Gasteiger charge is -2.22. The lowest BCUT2D eigenvalue weighted by molar-refractivity contribution is 0.0934. The molecule has 0 bridgehead atoms. The number of oxazole rings is 1. The first-order valence-corrected chi connectivity index (χ1v) is 11.3. The maximum atomic E-state index is 12.4. The molecule has 0 fully saturated rings. The van der Waals surface area contributed by atoms with Gasteiger partial charge in [0.25, 0.3) is 5.91 Å². The Morgan fingerprint density at radius 1 is 1.09 bits per heavy atom. The number of nitrogens with one attached hydrogen (secondary N) is 1. The van der Waals surface area contributed by atoms with Crippen molar-refractivity contribution < 1.29 is 18.7 Å². The Bertz CT molecular complexity index is 1120. The number of nitrogens with zero attached hydrogens (tertiary/aromatic N) is 2. The highest BCUT2D eigenvalue weighted by molar-refractivity contribution is 5.92. The topological polar surface area (TPSA) is 76.8 Å². The summed E-state index contributed by atoms with van der Waals surface area (Å²) in [6.07, 6.45) is 2.29. The fourth-order valence-electron chi connectivity index (χ4n) is 3.81. The maximum Gasteiger partial charge on any atom is 0.273 e. The third-order valence-corrected chi connectivity index (χ3v) is 5.87. The lowest BCUT2D eigenvalue weighted by Crippen LogP contribution is -2.32. The van der Waals surface area contributed by atoms with Crippen molar-refractivity contribution in [3.8, 4) is 11.5 Å². The van der Waals surface area contributed by atoms with Crippen molar-refractivity contribution in [1.82, 2.24) is 15.2 Å². The second kappa shape index (κ2) is 10.1. The van der Waals surface area contributed by atoms with Crippen molar-refractivity contribution >= 4 is 5.91 Å². The predicted octanol–water partition coefficient (Wildman–Crippen LogP) is 4.75. The normalized spacial score (nSPS) is 13.4. The fraction of sp³-hybridized carbons (Fsp3) is 0.385. The molecule has 1 amide bonds. The van der Waals surface area contributed by atoms with Crippen molar-refractivity contribution in [2.75, 3.05) is 6.79 Å². The smallest absolute Gasteiger partial charge is 0.273 e. The van der Waals surface area contributed by atoms with E-state index in [2.05, 4.69) is 47.2 Å². The van der Waals surface area contributed by atoms with Gasteiger partial charge in [0.2, 0.25) is 12.7 Å². The van der Waals surface area contributed by atoms with Crippen LogP contribution in [0.15, 0.2) is 47.1 Å². The molecule has 2 aromatic carbocycles. The van der Waals surface area contributed by atoms with Crippen molar-refractivity contribution in [2.24, 2.45) is 0 Å². The summed E-state index contributed by atoms with van der Waals surface area (Å²) in [4.78, 5) is 19.1. The Morgan fingerprint density at radius 2 is 1.91 bits per heavy atom. The number of hydrogen-bond acceptors (Lipinski definition) is 6. The third kappa shape index (κ3) is 5.73. The van der Waals surface area contributed by atoms with E-state index in [1.165, 1.54) is 23.0 Å². The van der Waals surface area contributed by atoms with Gasteiger partial charge >= 0.3 is 0 Å². The van der Waals surface area contributed by atoms with Gasteiger partial charge in [0.15, 0.2) is 17.2 Å². The van der Waals surface area contributed by atoms with E-state index >= 15 is 0 Å². The summed E-state index contributed by atoms with van der Waals surface area (Å²) in [5.74, 6) is 1.83. The summed E-state index contributed by atoms with van der Waals surface area (Å²) in [5.41, 5.74) is 5.13. The summed E-state index contributed by atoms with van der Waals surface area (Å²) in [6, 6.07) is 12.6. The number of ether oxygens (including phenoxy) is 2. The molecule has 0 unspecified atom stereocenters. The molecule has 7 nitrogen and oxygen atoms in total. The van der Waals surface area contributed by atoms with E-state index < -0.39 is 0 Å². The standard InChI is InChI=1S/C26H31N3O4/c1-5-19(4)27-26(30)22-15-31-25(28-22)14-29(13-21-8-6-17(2)10-18(21)3)12-20-7-9-23-24(11-20)33-16-32-23/h6-11,15,19H,5,12-14,16H2,1-4H3,(H,27,30)/t19-/m1/s1. The SMILES string of the molecule is CC[C@@H](C)NC(=O)c1coc(CN(Cc2ccc3c(c2)OCO3)Cc2ccc(C)cc2C)n1. The Balaban J connectivity index is 1.53. The molecule has 0 saturated heterocycles. The number of fused-ring (bicyclic) bond motifs is 1. The van der Waals surface area contributed by atoms with Crippen molar-refractivity contribution in [2.45, 2.75) is 59.8 Å². The second-order valence-corrected chi connectivity index (χ2v) is 8.67. The van der Waals surface area contributed by atoms with Crippen LogP contribution in [0.5, 0.6) is 11.5 Å². The minimum atomic E-state index is -0.212. The summed E-state index contributed by atoms with van der Waals surface area (Å²) in [5, 5.41) is 2.93. The maximum absolute atomic E-state index is 12.4. The number of aromatic nitrogens is 1. The monoisotopic (exact) mass is 449 g/mol. The van der Waals surface area contributed by atoms with Crippen LogP contribution in [0.3, 0.4) is 0 Å². The van der Waals surface area contributed by atoms with Gasteiger partial charge < -0.3 is 19.2 Å². The number of aryl methyl sites for hydroxylation is 2. The Morgan fingerprint density at radius 3 is 2.70 bits per heavy atom. The van der Waals surface area contributed by atoms with E-state index in [4.69, 9.17) is 13.9 Å². The molecule has 1 aliphatic rings. The highest BCUT2D eigenvalue weighted by atomic mass is 16.7. The Kier molecular flexibility index (Phi) is 6.99. The molecule has 1 N–H and O–H groups in total. The van der Waals surface area contributed by atoms with Gasteiger partial charge in [-0.1, -0.05) is 36.8 Å². The van der Waals surface area contributed by atoms with Gasteiger partial charge in [-0.05, 0) is 56.0 Å². The average Bonchev–Trinajstić information content (AvgIpc) is 3.44. The van der Waals surface area contributed by atoms with Crippen LogP contribution in [0, 0.1) is 13.8 Å². The molecule has 0 spiro atoms. The molecule has 1 aromatic heterocycles. The van der Waals surface area contributed by atoms with E-state index in [1.54, 1.807) is 0 Å². The van der Waals surface area contributed by atoms with Gasteiger partial charge in [0, 0.05) is 19.1 Å². The van der Waals surface area contributed by atoms with E-state index in [9.17, 15) is 4.79 Å². The third-order valence-electron chi connectivity index (χ3n) is 5.87. The molecule has 0 aliphatic carbocycles. The molecule has 0 saturated carbocycles. The van der Waals surface area contributed by atoms with Crippen LogP contribution in [0.2, 0.25) is 0 Å². The first-order valence-electron chi connectivity index (χ1n) is 11.3. The summed E-state index contributed by atoms with van der Waals surface area (Å²) < 4.78 is 16.7. The highest BCUT2D eigenvalue weighted by Gasteiger charge is 2.19. The van der Waals surface area contributed by atoms with Crippen LogP contribution < -0.4 is 14.8 Å². The number of amides is 1. The van der Waals surface area contributed by atoms with Crippen LogP contribution in [0.4, 0.5) is 0 Å². The second-order valence-electron chi connectivity index (χ2n) is 8.67. The molecule has 7 heteroatoms. The fourth-order valence-corrected chi connectivity index (χ4v) is 3.81. The van der Waals surface area contributed by atoms with Gasteiger partial charge in [0.1, 0.15) is 6.26 Å². The van der Waals surface area contributed by atoms with E-state index in [0.717, 1.165) is 30.0 Å². The van der Waals surface area contributed by atoms with Crippen LogP contribution in [-0.4, -0.2) is 28.6 Å². The molecule has 174 valence electrons. The summed E-state index contributed by atoms with van der Waals surface area (Å²) in [7, 11) is 0. The molecule has 1 atom stereocenters. The zero-order chi connectivity index (χ0) is 23.4. The van der Waals surface area contributed by atoms with E-state index in [-0.39, 0.29) is 18.7 Å². The van der Waals surface area contributed by atoms with Gasteiger partial charge in [-0.25, -0.2) is 4.98 Å². The van der Waals surface area contributed by atoms with E-state index in [0.29, 0.717) is 24.7 Å². The van der Waals surface area contributed by atoms with Gasteiger partial charge in [-0.15, -0.1) is 0 Å². The molecule has 2 heterocycles. The Labute approximate surface area is 194 Å². The van der Waals surface area contributed by atoms with Crippen molar-refractivity contribution in [3.05, 3.63) is 76.5 Å². The Hall–Kier alpha value is -3.32. The first-order chi connectivity index (χ1) is 15.9. The van der Waals surface area contributed by atoms with Gasteiger partial charge in [-0.2, -0.15) is 0 Å². The van der Waals surface area contributed by atoms with Gasteiger partial charge in [0.05, 0.1) is 6.54 Å². The van der Waals surface area contributed by atoms with Crippen molar-refractivity contribution in [3.63, 3.8) is 0 Å². The number of carbonyl (C=O) groups is 1. The zero-order valence-corrected chi connectivity index (χ0v) is 19.7. The molecule has 33 heavy (non-hydrogen) atoms. The number of benzene rings is 2. The summed E-state index contributed by atoms with van der Waals surface area (Å²) >= 11 is 0. The molecule has 3 aromatic rings. The first kappa shape index (κ1) is 22.9. The molecular formula is C26H31N3O4. The quantitative estimate of drug-likeness (QED) is 0.508. The summed E-state index contributed by atoms with van der Waals surface area (Å²) in [6.45, 7) is 10.3. The predicted molar refractivity (Wildman–Crippen MR) is 125 cm³/mol. The lowest BCUT2D eigenvalue weighted by atomic mass is 10.0. The van der Waals surface area contributed by atoms with E-state index in [1.807, 2.05) is 32.0 Å². The number of rotatable bonds is 9. The van der Waals surface area contributed by atoms with Crippen LogP contribution >= 0.6 is 0 Å². The minimum Gasteiger partial charge on any atom is -0.454 e. The van der Waals surface area contributed by atoms with Crippen molar-refractivity contribution in [1.29, 1.82) is 0 Å². The number of carbonyl (C=O) groups excluding carboxylic acids is 1. The molecule has 4 rings (SSSR count). The zero-order valence-electron chi connectivity index (χ0n) is 19.7. The average molecular weight is 450 g/mol. The molecule has 0 radical (unpaired) electrons. The number of hydrogen-bond donors (Lipinski definition) is 1. The molecule has 1 aliphatic heterocycles. The largest absolute Gasteiger partial charge is 0.454 e. The minimum absolute atomic E-state index is 0.0877. The van der Waals surface area contributed by atoms with Crippen LogP contribution in [-0.2, 0) is 19.6 Å². The highest BCUT2D eigenvalue weighted by Crippen LogP contribution is 2.33. The van der Waals surface area contributed by atoms with Crippen LogP contribution in [0.25, 0.3) is 0 Å².